The lowest BCUT2D eigenvalue weighted by atomic mass is 10.0. The average molecular weight is 224 g/mol. The number of aliphatic hydroxyl groups is 1. The molecular formula is C12H20N2O2. The van der Waals surface area contributed by atoms with E-state index in [9.17, 15) is 0 Å². The van der Waals surface area contributed by atoms with Crippen molar-refractivity contribution in [2.75, 3.05) is 13.2 Å². The highest BCUT2D eigenvalue weighted by atomic mass is 16.5. The van der Waals surface area contributed by atoms with Crippen LogP contribution in [-0.2, 0) is 6.42 Å². The molecule has 1 unspecified atom stereocenters. The Morgan fingerprint density at radius 1 is 1.50 bits per heavy atom. The van der Waals surface area contributed by atoms with Crippen molar-refractivity contribution in [2.24, 2.45) is 5.92 Å². The summed E-state index contributed by atoms with van der Waals surface area (Å²) in [6, 6.07) is 0. The lowest BCUT2D eigenvalue weighted by Gasteiger charge is -2.11. The van der Waals surface area contributed by atoms with Gasteiger partial charge in [-0.25, -0.2) is 9.97 Å². The fraction of sp³-hybridized carbons (Fsp3) is 0.667. The zero-order valence-electron chi connectivity index (χ0n) is 10.0. The van der Waals surface area contributed by atoms with Gasteiger partial charge >= 0.3 is 0 Å². The minimum absolute atomic E-state index is 0.00874. The van der Waals surface area contributed by atoms with E-state index in [1.807, 2.05) is 0 Å². The molecule has 0 aliphatic carbocycles. The van der Waals surface area contributed by atoms with Gasteiger partial charge in [0.25, 0.3) is 0 Å². The summed E-state index contributed by atoms with van der Waals surface area (Å²) < 4.78 is 5.35. The average Bonchev–Trinajstić information content (AvgIpc) is 2.34. The highest BCUT2D eigenvalue weighted by Crippen LogP contribution is 2.18. The minimum Gasteiger partial charge on any atom is -0.475 e. The minimum atomic E-state index is 0.00874. The van der Waals surface area contributed by atoms with Crippen molar-refractivity contribution in [3.8, 4) is 5.88 Å². The fourth-order valence-electron chi connectivity index (χ4n) is 1.40. The molecule has 0 aliphatic heterocycles. The van der Waals surface area contributed by atoms with Crippen LogP contribution in [0.5, 0.6) is 5.88 Å². The maximum Gasteiger partial charge on any atom is 0.219 e. The van der Waals surface area contributed by atoms with Crippen molar-refractivity contribution in [3.63, 3.8) is 0 Å². The van der Waals surface area contributed by atoms with E-state index >= 15 is 0 Å². The number of nitrogens with zero attached hydrogens (tertiary/aromatic N) is 2. The Morgan fingerprint density at radius 2 is 2.31 bits per heavy atom. The van der Waals surface area contributed by atoms with Crippen LogP contribution in [0.3, 0.4) is 0 Å². The van der Waals surface area contributed by atoms with Gasteiger partial charge in [-0.3, -0.25) is 0 Å². The predicted octanol–water partition coefficient (Wildman–Crippen LogP) is 1.83. The van der Waals surface area contributed by atoms with Crippen molar-refractivity contribution in [2.45, 2.75) is 33.1 Å². The van der Waals surface area contributed by atoms with E-state index in [-0.39, 0.29) is 13.2 Å². The zero-order chi connectivity index (χ0) is 11.8. The molecule has 1 aromatic heterocycles. The maximum absolute atomic E-state index is 8.71. The molecule has 16 heavy (non-hydrogen) atoms. The smallest absolute Gasteiger partial charge is 0.219 e. The highest BCUT2D eigenvalue weighted by molar-refractivity contribution is 5.22. The van der Waals surface area contributed by atoms with Crippen molar-refractivity contribution < 1.29 is 9.84 Å². The summed E-state index contributed by atoms with van der Waals surface area (Å²) in [5, 5.41) is 8.71. The third-order valence-electron chi connectivity index (χ3n) is 2.68. The van der Waals surface area contributed by atoms with Crippen molar-refractivity contribution >= 4 is 0 Å². The third-order valence-corrected chi connectivity index (χ3v) is 2.68. The van der Waals surface area contributed by atoms with Crippen molar-refractivity contribution in [1.29, 1.82) is 0 Å². The largest absolute Gasteiger partial charge is 0.475 e. The zero-order valence-corrected chi connectivity index (χ0v) is 10.0. The Kier molecular flexibility index (Phi) is 5.78. The Bertz CT molecular complexity index is 305. The van der Waals surface area contributed by atoms with E-state index in [0.29, 0.717) is 11.8 Å². The number of rotatable bonds is 7. The Hall–Kier alpha value is -1.16. The van der Waals surface area contributed by atoms with Crippen LogP contribution in [0.4, 0.5) is 0 Å². The molecule has 90 valence electrons. The van der Waals surface area contributed by atoms with Crippen LogP contribution in [0.25, 0.3) is 0 Å². The van der Waals surface area contributed by atoms with E-state index in [0.717, 1.165) is 18.4 Å². The van der Waals surface area contributed by atoms with E-state index in [1.54, 1.807) is 6.20 Å². The molecule has 4 heteroatoms. The molecule has 0 aliphatic rings. The summed E-state index contributed by atoms with van der Waals surface area (Å²) in [4.78, 5) is 8.08. The third kappa shape index (κ3) is 4.14. The van der Waals surface area contributed by atoms with Gasteiger partial charge < -0.3 is 9.84 Å². The summed E-state index contributed by atoms with van der Waals surface area (Å²) in [5.41, 5.74) is 1.02. The van der Waals surface area contributed by atoms with Crippen LogP contribution in [0.2, 0.25) is 0 Å². The van der Waals surface area contributed by atoms with Crippen molar-refractivity contribution in [1.82, 2.24) is 9.97 Å². The van der Waals surface area contributed by atoms with Gasteiger partial charge in [0.05, 0.1) is 6.61 Å². The molecule has 0 radical (unpaired) electrons. The van der Waals surface area contributed by atoms with Gasteiger partial charge in [0.15, 0.2) is 0 Å². The summed E-state index contributed by atoms with van der Waals surface area (Å²) in [5.74, 6) is 1.30. The first kappa shape index (κ1) is 12.9. The van der Waals surface area contributed by atoms with E-state index in [1.165, 1.54) is 12.7 Å². The molecule has 1 rings (SSSR count). The number of aliphatic hydroxyl groups excluding tert-OH is 1. The maximum atomic E-state index is 8.71. The number of hydrogen-bond acceptors (Lipinski definition) is 4. The molecule has 0 amide bonds. The van der Waals surface area contributed by atoms with Gasteiger partial charge in [-0.15, -0.1) is 0 Å². The monoisotopic (exact) mass is 224 g/mol. The van der Waals surface area contributed by atoms with Crippen LogP contribution in [0, 0.1) is 5.92 Å². The lowest BCUT2D eigenvalue weighted by Crippen LogP contribution is -2.06. The number of ether oxygens (including phenoxy) is 1. The van der Waals surface area contributed by atoms with Crippen LogP contribution >= 0.6 is 0 Å². The second kappa shape index (κ2) is 7.17. The molecule has 1 atom stereocenters. The number of hydrogen-bond donors (Lipinski definition) is 1. The van der Waals surface area contributed by atoms with Gasteiger partial charge in [0.1, 0.15) is 12.9 Å². The summed E-state index contributed by atoms with van der Waals surface area (Å²) >= 11 is 0. The number of aryl methyl sites for hydroxylation is 1. The molecule has 0 aromatic carbocycles. The Labute approximate surface area is 96.7 Å². The molecule has 0 saturated heterocycles. The summed E-state index contributed by atoms with van der Waals surface area (Å²) in [6.07, 6.45) is 6.48. The molecule has 1 N–H and O–H groups in total. The lowest BCUT2D eigenvalue weighted by molar-refractivity contribution is 0.195. The van der Waals surface area contributed by atoms with Gasteiger partial charge in [-0.1, -0.05) is 20.3 Å². The van der Waals surface area contributed by atoms with E-state index in [2.05, 4.69) is 23.8 Å². The van der Waals surface area contributed by atoms with Crippen molar-refractivity contribution in [3.05, 3.63) is 18.1 Å². The summed E-state index contributed by atoms with van der Waals surface area (Å²) in [7, 11) is 0. The van der Waals surface area contributed by atoms with E-state index < -0.39 is 0 Å². The molecule has 1 heterocycles. The Morgan fingerprint density at radius 3 is 3.00 bits per heavy atom. The molecular weight excluding hydrogens is 204 g/mol. The van der Waals surface area contributed by atoms with Crippen LogP contribution < -0.4 is 4.74 Å². The topological polar surface area (TPSA) is 55.2 Å². The Balaban J connectivity index is 2.56. The van der Waals surface area contributed by atoms with Gasteiger partial charge in [-0.2, -0.15) is 0 Å². The predicted molar refractivity (Wildman–Crippen MR) is 62.4 cm³/mol. The molecule has 0 bridgehead atoms. The highest BCUT2D eigenvalue weighted by Gasteiger charge is 2.07. The molecule has 0 fully saturated rings. The quantitative estimate of drug-likeness (QED) is 0.767. The molecule has 0 saturated carbocycles. The second-order valence-corrected chi connectivity index (χ2v) is 3.98. The van der Waals surface area contributed by atoms with Crippen LogP contribution in [-0.4, -0.2) is 28.3 Å². The van der Waals surface area contributed by atoms with Crippen LogP contribution in [0.1, 0.15) is 32.3 Å². The second-order valence-electron chi connectivity index (χ2n) is 3.98. The van der Waals surface area contributed by atoms with Crippen LogP contribution in [0.15, 0.2) is 12.5 Å². The SMILES string of the molecule is CCC(C)CCc1cncnc1OCCO. The molecule has 1 aromatic rings. The summed E-state index contributed by atoms with van der Waals surface area (Å²) in [6.45, 7) is 4.72. The first-order valence-electron chi connectivity index (χ1n) is 5.80. The fourth-order valence-corrected chi connectivity index (χ4v) is 1.40. The van der Waals surface area contributed by atoms with Gasteiger partial charge in [0.2, 0.25) is 5.88 Å². The van der Waals surface area contributed by atoms with Gasteiger partial charge in [-0.05, 0) is 18.8 Å². The first-order chi connectivity index (χ1) is 7.77. The first-order valence-corrected chi connectivity index (χ1v) is 5.80. The molecule has 0 spiro atoms. The van der Waals surface area contributed by atoms with Gasteiger partial charge in [0, 0.05) is 11.8 Å². The molecule has 4 nitrogen and oxygen atoms in total. The standard InChI is InChI=1S/C12H20N2O2/c1-3-10(2)4-5-11-8-13-9-14-12(11)16-7-6-15/h8-10,15H,3-7H2,1-2H3. The number of aromatic nitrogens is 2. The normalized spacial score (nSPS) is 12.4. The van der Waals surface area contributed by atoms with E-state index in [4.69, 9.17) is 9.84 Å².